The molecule has 0 saturated carbocycles. The zero-order valence-electron chi connectivity index (χ0n) is 10.2. The molecular formula is C10H16N4O3. The average molecular weight is 240 g/mol. The second-order valence-corrected chi connectivity index (χ2v) is 3.21. The monoisotopic (exact) mass is 240 g/mol. The van der Waals surface area contributed by atoms with E-state index in [-0.39, 0.29) is 11.6 Å². The molecule has 0 aliphatic carbocycles. The fraction of sp³-hybridized carbons (Fsp3) is 0.600. The Morgan fingerprint density at radius 3 is 2.47 bits per heavy atom. The highest BCUT2D eigenvalue weighted by Crippen LogP contribution is 2.32. The highest BCUT2D eigenvalue weighted by molar-refractivity contribution is 5.62. The van der Waals surface area contributed by atoms with Crippen molar-refractivity contribution in [3.63, 3.8) is 0 Å². The van der Waals surface area contributed by atoms with Crippen molar-refractivity contribution in [1.82, 2.24) is 9.97 Å². The maximum Gasteiger partial charge on any atom is 0.372 e. The Hall–Kier alpha value is -1.92. The van der Waals surface area contributed by atoms with Crippen molar-refractivity contribution < 1.29 is 9.66 Å². The van der Waals surface area contributed by atoms with Gasteiger partial charge in [-0.15, -0.1) is 0 Å². The minimum Gasteiger partial charge on any atom is -0.473 e. The molecule has 0 aliphatic heterocycles. The second kappa shape index (κ2) is 5.97. The molecule has 0 unspecified atom stereocenters. The van der Waals surface area contributed by atoms with Crippen molar-refractivity contribution in [3.05, 3.63) is 16.4 Å². The van der Waals surface area contributed by atoms with Gasteiger partial charge in [0.15, 0.2) is 0 Å². The van der Waals surface area contributed by atoms with Gasteiger partial charge in [-0.05, 0) is 20.8 Å². The van der Waals surface area contributed by atoms with Crippen LogP contribution in [0.25, 0.3) is 0 Å². The first-order chi connectivity index (χ1) is 8.15. The molecule has 0 spiro atoms. The standard InChI is InChI=1S/C10H16N4O3/c1-4-13(5-2)9-8(14(15)16)10(17-6-3)12-7-11-9/h7H,4-6H2,1-3H3. The summed E-state index contributed by atoms with van der Waals surface area (Å²) in [7, 11) is 0. The molecule has 94 valence electrons. The topological polar surface area (TPSA) is 81.4 Å². The summed E-state index contributed by atoms with van der Waals surface area (Å²) in [5.74, 6) is 0.327. The number of nitrogens with zero attached hydrogens (tertiary/aromatic N) is 4. The van der Waals surface area contributed by atoms with E-state index in [9.17, 15) is 10.1 Å². The van der Waals surface area contributed by atoms with Crippen LogP contribution < -0.4 is 9.64 Å². The molecule has 17 heavy (non-hydrogen) atoms. The van der Waals surface area contributed by atoms with Crippen molar-refractivity contribution in [2.45, 2.75) is 20.8 Å². The zero-order chi connectivity index (χ0) is 12.8. The smallest absolute Gasteiger partial charge is 0.372 e. The normalized spacial score (nSPS) is 10.1. The first-order valence-electron chi connectivity index (χ1n) is 5.52. The summed E-state index contributed by atoms with van der Waals surface area (Å²) in [5.41, 5.74) is -0.168. The lowest BCUT2D eigenvalue weighted by atomic mass is 10.4. The molecule has 7 nitrogen and oxygen atoms in total. The molecule has 1 aromatic heterocycles. The van der Waals surface area contributed by atoms with Gasteiger partial charge in [-0.3, -0.25) is 10.1 Å². The first kappa shape index (κ1) is 13.1. The van der Waals surface area contributed by atoms with Crippen molar-refractivity contribution in [3.8, 4) is 5.88 Å². The van der Waals surface area contributed by atoms with E-state index in [1.807, 2.05) is 13.8 Å². The van der Waals surface area contributed by atoms with Crippen molar-refractivity contribution in [2.24, 2.45) is 0 Å². The lowest BCUT2D eigenvalue weighted by molar-refractivity contribution is -0.385. The predicted octanol–water partition coefficient (Wildman–Crippen LogP) is 1.63. The van der Waals surface area contributed by atoms with Crippen LogP contribution in [-0.4, -0.2) is 34.6 Å². The third-order valence-corrected chi connectivity index (χ3v) is 2.30. The van der Waals surface area contributed by atoms with E-state index in [2.05, 4.69) is 9.97 Å². The Morgan fingerprint density at radius 1 is 1.35 bits per heavy atom. The minimum absolute atomic E-state index is 0.0226. The van der Waals surface area contributed by atoms with E-state index in [1.165, 1.54) is 6.33 Å². The molecule has 1 heterocycles. The van der Waals surface area contributed by atoms with Crippen molar-refractivity contribution in [2.75, 3.05) is 24.6 Å². The third-order valence-electron chi connectivity index (χ3n) is 2.30. The Balaban J connectivity index is 3.28. The number of ether oxygens (including phenoxy) is 1. The Bertz CT molecular complexity index is 393. The van der Waals surface area contributed by atoms with Gasteiger partial charge in [0.1, 0.15) is 6.33 Å². The Labute approximate surface area is 99.6 Å². The molecule has 0 N–H and O–H groups in total. The van der Waals surface area contributed by atoms with Crippen LogP contribution in [0.1, 0.15) is 20.8 Å². The van der Waals surface area contributed by atoms with Gasteiger partial charge in [-0.2, -0.15) is 4.98 Å². The number of rotatable bonds is 6. The molecule has 0 radical (unpaired) electrons. The number of hydrogen-bond acceptors (Lipinski definition) is 6. The fourth-order valence-electron chi connectivity index (χ4n) is 1.51. The molecule has 0 amide bonds. The minimum atomic E-state index is -0.501. The Kier molecular flexibility index (Phi) is 4.62. The van der Waals surface area contributed by atoms with Gasteiger partial charge < -0.3 is 9.64 Å². The summed E-state index contributed by atoms with van der Waals surface area (Å²) >= 11 is 0. The number of nitro groups is 1. The van der Waals surface area contributed by atoms with Gasteiger partial charge in [-0.25, -0.2) is 4.98 Å². The van der Waals surface area contributed by atoms with E-state index in [0.717, 1.165) is 0 Å². The molecule has 0 fully saturated rings. The van der Waals surface area contributed by atoms with Gasteiger partial charge in [-0.1, -0.05) is 0 Å². The quantitative estimate of drug-likeness (QED) is 0.555. The molecule has 0 bridgehead atoms. The summed E-state index contributed by atoms with van der Waals surface area (Å²) in [6.07, 6.45) is 1.28. The van der Waals surface area contributed by atoms with Crippen LogP contribution in [0.4, 0.5) is 11.5 Å². The van der Waals surface area contributed by atoms with E-state index >= 15 is 0 Å². The second-order valence-electron chi connectivity index (χ2n) is 3.21. The van der Waals surface area contributed by atoms with Crippen LogP contribution in [0.2, 0.25) is 0 Å². The molecule has 0 saturated heterocycles. The average Bonchev–Trinajstić information content (AvgIpc) is 2.31. The zero-order valence-corrected chi connectivity index (χ0v) is 10.2. The number of anilines is 1. The van der Waals surface area contributed by atoms with E-state index in [4.69, 9.17) is 4.74 Å². The van der Waals surface area contributed by atoms with Crippen molar-refractivity contribution in [1.29, 1.82) is 0 Å². The summed E-state index contributed by atoms with van der Waals surface area (Å²) in [6, 6.07) is 0. The highest BCUT2D eigenvalue weighted by atomic mass is 16.6. The summed E-state index contributed by atoms with van der Waals surface area (Å²) in [4.78, 5) is 20.1. The van der Waals surface area contributed by atoms with Gasteiger partial charge in [0.25, 0.3) is 5.88 Å². The molecule has 7 heteroatoms. The largest absolute Gasteiger partial charge is 0.473 e. The van der Waals surface area contributed by atoms with Crippen molar-refractivity contribution >= 4 is 11.5 Å². The van der Waals surface area contributed by atoms with E-state index in [0.29, 0.717) is 25.5 Å². The summed E-state index contributed by atoms with van der Waals surface area (Å²) in [5, 5.41) is 11.1. The molecule has 0 aliphatic rings. The molecule has 0 aromatic carbocycles. The summed E-state index contributed by atoms with van der Waals surface area (Å²) < 4.78 is 5.16. The predicted molar refractivity (Wildman–Crippen MR) is 63.4 cm³/mol. The lowest BCUT2D eigenvalue weighted by Gasteiger charge is -2.19. The van der Waals surface area contributed by atoms with Crippen LogP contribution >= 0.6 is 0 Å². The van der Waals surface area contributed by atoms with Crippen LogP contribution in [0.3, 0.4) is 0 Å². The van der Waals surface area contributed by atoms with Crippen LogP contribution in [0.15, 0.2) is 6.33 Å². The molecular weight excluding hydrogens is 224 g/mol. The molecule has 0 atom stereocenters. The summed E-state index contributed by atoms with van der Waals surface area (Å²) in [6.45, 7) is 7.18. The molecule has 1 rings (SSSR count). The molecule has 1 aromatic rings. The van der Waals surface area contributed by atoms with E-state index in [1.54, 1.807) is 11.8 Å². The van der Waals surface area contributed by atoms with Crippen LogP contribution in [0.5, 0.6) is 5.88 Å². The van der Waals surface area contributed by atoms with Gasteiger partial charge in [0, 0.05) is 13.1 Å². The van der Waals surface area contributed by atoms with Crippen LogP contribution in [0, 0.1) is 10.1 Å². The van der Waals surface area contributed by atoms with Gasteiger partial charge in [0.05, 0.1) is 11.5 Å². The third kappa shape index (κ3) is 2.80. The Morgan fingerprint density at radius 2 is 2.00 bits per heavy atom. The highest BCUT2D eigenvalue weighted by Gasteiger charge is 2.26. The maximum absolute atomic E-state index is 11.1. The SMILES string of the molecule is CCOc1ncnc(N(CC)CC)c1[N+](=O)[O-]. The van der Waals surface area contributed by atoms with Gasteiger partial charge in [0.2, 0.25) is 5.82 Å². The number of aromatic nitrogens is 2. The van der Waals surface area contributed by atoms with E-state index < -0.39 is 4.92 Å². The maximum atomic E-state index is 11.1. The van der Waals surface area contributed by atoms with Gasteiger partial charge >= 0.3 is 5.69 Å². The number of hydrogen-bond donors (Lipinski definition) is 0. The first-order valence-corrected chi connectivity index (χ1v) is 5.52. The fourth-order valence-corrected chi connectivity index (χ4v) is 1.51. The van der Waals surface area contributed by atoms with Crippen LogP contribution in [-0.2, 0) is 0 Å². The lowest BCUT2D eigenvalue weighted by Crippen LogP contribution is -2.24.